The highest BCUT2D eigenvalue weighted by Crippen LogP contribution is 1.99. The van der Waals surface area contributed by atoms with Crippen LogP contribution in [-0.2, 0) is 4.79 Å². The smallest absolute Gasteiger partial charge is 0.220 e. The van der Waals surface area contributed by atoms with Crippen molar-refractivity contribution in [3.8, 4) is 0 Å². The molecule has 0 aromatic carbocycles. The second-order valence-corrected chi connectivity index (χ2v) is 3.58. The minimum absolute atomic E-state index is 0.0717. The van der Waals surface area contributed by atoms with Crippen LogP contribution >= 0.6 is 0 Å². The van der Waals surface area contributed by atoms with Gasteiger partial charge in [0.25, 0.3) is 0 Å². The topological polar surface area (TPSA) is 32.3 Å². The highest BCUT2D eigenvalue weighted by atomic mass is 16.1. The van der Waals surface area contributed by atoms with Crippen LogP contribution in [0.5, 0.6) is 0 Å². The molecule has 0 aromatic heterocycles. The van der Waals surface area contributed by atoms with Gasteiger partial charge in [-0.05, 0) is 21.0 Å². The van der Waals surface area contributed by atoms with Crippen molar-refractivity contribution in [2.75, 3.05) is 20.6 Å². The molecule has 0 heterocycles. The summed E-state index contributed by atoms with van der Waals surface area (Å²) in [6, 6.07) is 0.0717. The average Bonchev–Trinajstić information content (AvgIpc) is 2.02. The SMILES string of the molecule is C=C(C)C(CN(C)C)NC(=O)CC. The molecule has 1 unspecified atom stereocenters. The largest absolute Gasteiger partial charge is 0.348 e. The number of nitrogens with one attached hydrogen (secondary N) is 1. The van der Waals surface area contributed by atoms with E-state index >= 15 is 0 Å². The fourth-order valence-corrected chi connectivity index (χ4v) is 0.986. The first-order chi connectivity index (χ1) is 5.97. The Kier molecular flexibility index (Phi) is 5.39. The van der Waals surface area contributed by atoms with Gasteiger partial charge in [-0.3, -0.25) is 4.79 Å². The van der Waals surface area contributed by atoms with Gasteiger partial charge < -0.3 is 10.2 Å². The fraction of sp³-hybridized carbons (Fsp3) is 0.700. The summed E-state index contributed by atoms with van der Waals surface area (Å²) in [4.78, 5) is 13.2. The first-order valence-electron chi connectivity index (χ1n) is 4.56. The molecular formula is C10H20N2O. The second kappa shape index (κ2) is 5.75. The van der Waals surface area contributed by atoms with Crippen molar-refractivity contribution in [3.05, 3.63) is 12.2 Å². The number of amides is 1. The number of rotatable bonds is 5. The number of carbonyl (C=O) groups excluding carboxylic acids is 1. The van der Waals surface area contributed by atoms with Gasteiger partial charge in [0.1, 0.15) is 0 Å². The Morgan fingerprint density at radius 3 is 2.38 bits per heavy atom. The Hall–Kier alpha value is -0.830. The summed E-state index contributed by atoms with van der Waals surface area (Å²) in [5.74, 6) is 0.0786. The molecular weight excluding hydrogens is 164 g/mol. The molecule has 1 atom stereocenters. The Balaban J connectivity index is 4.10. The predicted molar refractivity (Wildman–Crippen MR) is 55.6 cm³/mol. The van der Waals surface area contributed by atoms with E-state index in [2.05, 4.69) is 11.9 Å². The molecule has 0 fully saturated rings. The summed E-state index contributed by atoms with van der Waals surface area (Å²) >= 11 is 0. The third-order valence-electron chi connectivity index (χ3n) is 1.80. The summed E-state index contributed by atoms with van der Waals surface area (Å²) in [5.41, 5.74) is 0.996. The highest BCUT2D eigenvalue weighted by molar-refractivity contribution is 5.76. The lowest BCUT2D eigenvalue weighted by Gasteiger charge is -2.22. The molecule has 0 rings (SSSR count). The Bertz CT molecular complexity index is 187. The van der Waals surface area contributed by atoms with Crippen LogP contribution in [0.4, 0.5) is 0 Å². The Labute approximate surface area is 80.8 Å². The van der Waals surface area contributed by atoms with Gasteiger partial charge in [0.05, 0.1) is 6.04 Å². The van der Waals surface area contributed by atoms with Gasteiger partial charge >= 0.3 is 0 Å². The van der Waals surface area contributed by atoms with Gasteiger partial charge in [0.2, 0.25) is 5.91 Å². The van der Waals surface area contributed by atoms with Crippen molar-refractivity contribution in [1.82, 2.24) is 10.2 Å². The lowest BCUT2D eigenvalue weighted by atomic mass is 10.1. The van der Waals surface area contributed by atoms with Crippen molar-refractivity contribution in [2.45, 2.75) is 26.3 Å². The quantitative estimate of drug-likeness (QED) is 0.647. The zero-order valence-electron chi connectivity index (χ0n) is 9.05. The van der Waals surface area contributed by atoms with E-state index in [0.29, 0.717) is 6.42 Å². The monoisotopic (exact) mass is 184 g/mol. The molecule has 0 aliphatic rings. The average molecular weight is 184 g/mol. The summed E-state index contributed by atoms with van der Waals surface area (Å²) in [6.07, 6.45) is 0.525. The van der Waals surface area contributed by atoms with E-state index in [1.165, 1.54) is 0 Å². The first kappa shape index (κ1) is 12.2. The van der Waals surface area contributed by atoms with Crippen LogP contribution in [-0.4, -0.2) is 37.5 Å². The van der Waals surface area contributed by atoms with Crippen molar-refractivity contribution >= 4 is 5.91 Å². The van der Waals surface area contributed by atoms with Gasteiger partial charge in [-0.15, -0.1) is 0 Å². The van der Waals surface area contributed by atoms with Crippen molar-refractivity contribution in [3.63, 3.8) is 0 Å². The molecule has 76 valence electrons. The van der Waals surface area contributed by atoms with Crippen molar-refractivity contribution in [1.29, 1.82) is 0 Å². The van der Waals surface area contributed by atoms with Gasteiger partial charge in [-0.25, -0.2) is 0 Å². The number of hydrogen-bond donors (Lipinski definition) is 1. The minimum Gasteiger partial charge on any atom is -0.348 e. The van der Waals surface area contributed by atoms with Crippen LogP contribution in [0.3, 0.4) is 0 Å². The lowest BCUT2D eigenvalue weighted by molar-refractivity contribution is -0.121. The maximum atomic E-state index is 11.1. The van der Waals surface area contributed by atoms with E-state index in [4.69, 9.17) is 0 Å². The van der Waals surface area contributed by atoms with Crippen LogP contribution < -0.4 is 5.32 Å². The van der Waals surface area contributed by atoms with Crippen LogP contribution in [0.25, 0.3) is 0 Å². The van der Waals surface area contributed by atoms with E-state index in [1.807, 2.05) is 32.8 Å². The van der Waals surface area contributed by atoms with Crippen molar-refractivity contribution in [2.24, 2.45) is 0 Å². The first-order valence-corrected chi connectivity index (χ1v) is 4.56. The summed E-state index contributed by atoms with van der Waals surface area (Å²) in [5, 5.41) is 2.92. The molecule has 0 saturated carbocycles. The third-order valence-corrected chi connectivity index (χ3v) is 1.80. The van der Waals surface area contributed by atoms with Gasteiger partial charge in [0, 0.05) is 13.0 Å². The molecule has 0 spiro atoms. The molecule has 0 aliphatic heterocycles. The molecule has 3 heteroatoms. The minimum atomic E-state index is 0.0717. The summed E-state index contributed by atoms with van der Waals surface area (Å²) in [7, 11) is 3.96. The number of likely N-dealkylation sites (N-methyl/N-ethyl adjacent to an activating group) is 1. The zero-order chi connectivity index (χ0) is 10.4. The molecule has 0 radical (unpaired) electrons. The number of hydrogen-bond acceptors (Lipinski definition) is 2. The second-order valence-electron chi connectivity index (χ2n) is 3.58. The fourth-order valence-electron chi connectivity index (χ4n) is 0.986. The van der Waals surface area contributed by atoms with E-state index in [-0.39, 0.29) is 11.9 Å². The summed E-state index contributed by atoms with van der Waals surface area (Å²) in [6.45, 7) is 8.44. The number of nitrogens with zero attached hydrogens (tertiary/aromatic N) is 1. The van der Waals surface area contributed by atoms with Gasteiger partial charge in [-0.1, -0.05) is 19.1 Å². The molecule has 0 bridgehead atoms. The van der Waals surface area contributed by atoms with E-state index in [0.717, 1.165) is 12.1 Å². The molecule has 13 heavy (non-hydrogen) atoms. The number of carbonyl (C=O) groups is 1. The summed E-state index contributed by atoms with van der Waals surface area (Å²) < 4.78 is 0. The molecule has 0 aliphatic carbocycles. The predicted octanol–water partition coefficient (Wildman–Crippen LogP) is 1.02. The third kappa shape index (κ3) is 5.42. The van der Waals surface area contributed by atoms with Crippen LogP contribution in [0.2, 0.25) is 0 Å². The van der Waals surface area contributed by atoms with Gasteiger partial charge in [0.15, 0.2) is 0 Å². The molecule has 0 aromatic rings. The maximum absolute atomic E-state index is 11.1. The van der Waals surface area contributed by atoms with Crippen molar-refractivity contribution < 1.29 is 4.79 Å². The molecule has 3 nitrogen and oxygen atoms in total. The Morgan fingerprint density at radius 2 is 2.08 bits per heavy atom. The normalized spacial score (nSPS) is 12.7. The zero-order valence-corrected chi connectivity index (χ0v) is 9.05. The maximum Gasteiger partial charge on any atom is 0.220 e. The molecule has 1 amide bonds. The standard InChI is InChI=1S/C10H20N2O/c1-6-10(13)11-9(8(2)3)7-12(4)5/h9H,2,6-7H2,1,3-5H3,(H,11,13). The lowest BCUT2D eigenvalue weighted by Crippen LogP contribution is -2.42. The van der Waals surface area contributed by atoms with Crippen LogP contribution in [0.1, 0.15) is 20.3 Å². The Morgan fingerprint density at radius 1 is 1.54 bits per heavy atom. The van der Waals surface area contributed by atoms with Crippen LogP contribution in [0, 0.1) is 0 Å². The van der Waals surface area contributed by atoms with Crippen LogP contribution in [0.15, 0.2) is 12.2 Å². The highest BCUT2D eigenvalue weighted by Gasteiger charge is 2.12. The molecule has 0 saturated heterocycles. The van der Waals surface area contributed by atoms with E-state index in [9.17, 15) is 4.79 Å². The van der Waals surface area contributed by atoms with E-state index in [1.54, 1.807) is 0 Å². The van der Waals surface area contributed by atoms with E-state index < -0.39 is 0 Å². The molecule has 1 N–H and O–H groups in total. The van der Waals surface area contributed by atoms with Gasteiger partial charge in [-0.2, -0.15) is 0 Å².